The van der Waals surface area contributed by atoms with Crippen molar-refractivity contribution in [1.29, 1.82) is 0 Å². The largest absolute Gasteiger partial charge is 0.247 e. The molecule has 0 aliphatic heterocycles. The number of hydrogen-bond donors (Lipinski definition) is 0. The minimum atomic E-state index is -0.673. The lowest BCUT2D eigenvalue weighted by Gasteiger charge is -2.33. The van der Waals surface area contributed by atoms with Gasteiger partial charge in [0, 0.05) is 5.41 Å². The molecule has 0 amide bonds. The lowest BCUT2D eigenvalue weighted by Crippen LogP contribution is -2.31. The van der Waals surface area contributed by atoms with Crippen LogP contribution in [0.2, 0.25) is 0 Å². The van der Waals surface area contributed by atoms with Crippen molar-refractivity contribution in [3.05, 3.63) is 12.2 Å². The predicted octanol–water partition coefficient (Wildman–Crippen LogP) is 3.97. The van der Waals surface area contributed by atoms with Crippen LogP contribution in [0.15, 0.2) is 12.2 Å². The van der Waals surface area contributed by atoms with Gasteiger partial charge in [0.2, 0.25) is 0 Å². The Hall–Kier alpha value is -0.330. The van der Waals surface area contributed by atoms with Gasteiger partial charge < -0.3 is 0 Å². The van der Waals surface area contributed by atoms with Crippen molar-refractivity contribution in [2.75, 3.05) is 0 Å². The summed E-state index contributed by atoms with van der Waals surface area (Å²) in [6, 6.07) is 0. The molecule has 0 nitrogen and oxygen atoms in total. The minimum Gasteiger partial charge on any atom is -0.247 e. The van der Waals surface area contributed by atoms with Crippen molar-refractivity contribution in [3.63, 3.8) is 0 Å². The van der Waals surface area contributed by atoms with Gasteiger partial charge >= 0.3 is 0 Å². The van der Waals surface area contributed by atoms with E-state index in [1.165, 1.54) is 0 Å². The zero-order valence-corrected chi connectivity index (χ0v) is 9.18. The SMILES string of the molecule is CC1C=CC(C)(C(C)C)[C@H](F)CC1. The van der Waals surface area contributed by atoms with Crippen LogP contribution in [0, 0.1) is 17.3 Å². The highest BCUT2D eigenvalue weighted by Gasteiger charge is 2.36. The van der Waals surface area contributed by atoms with Crippen LogP contribution in [0.5, 0.6) is 0 Å². The van der Waals surface area contributed by atoms with E-state index < -0.39 is 6.17 Å². The molecule has 0 aromatic heterocycles. The summed E-state index contributed by atoms with van der Waals surface area (Å²) in [5.74, 6) is 0.919. The third kappa shape index (κ3) is 2.12. The minimum absolute atomic E-state index is 0.245. The molecule has 13 heavy (non-hydrogen) atoms. The van der Waals surface area contributed by atoms with Crippen LogP contribution in [-0.2, 0) is 0 Å². The molecule has 1 aliphatic carbocycles. The van der Waals surface area contributed by atoms with Crippen molar-refractivity contribution in [3.8, 4) is 0 Å². The van der Waals surface area contributed by atoms with Crippen LogP contribution < -0.4 is 0 Å². The fourth-order valence-electron chi connectivity index (χ4n) is 1.85. The summed E-state index contributed by atoms with van der Waals surface area (Å²) in [6.45, 7) is 8.41. The Morgan fingerprint density at radius 2 is 2.00 bits per heavy atom. The summed E-state index contributed by atoms with van der Waals surface area (Å²) in [6.07, 6.45) is 5.30. The highest BCUT2D eigenvalue weighted by atomic mass is 19.1. The van der Waals surface area contributed by atoms with Gasteiger partial charge in [-0.3, -0.25) is 0 Å². The maximum atomic E-state index is 13.9. The summed E-state index contributed by atoms with van der Waals surface area (Å²) >= 11 is 0. The van der Waals surface area contributed by atoms with Crippen molar-refractivity contribution in [2.24, 2.45) is 17.3 Å². The Balaban J connectivity index is 2.86. The molecule has 0 spiro atoms. The predicted molar refractivity (Wildman–Crippen MR) is 55.4 cm³/mol. The summed E-state index contributed by atoms with van der Waals surface area (Å²) < 4.78 is 13.9. The first-order valence-electron chi connectivity index (χ1n) is 5.30. The van der Waals surface area contributed by atoms with Crippen LogP contribution in [-0.4, -0.2) is 6.17 Å². The van der Waals surface area contributed by atoms with Crippen LogP contribution in [0.1, 0.15) is 40.5 Å². The molecule has 0 heterocycles. The van der Waals surface area contributed by atoms with E-state index >= 15 is 0 Å². The molecule has 0 aromatic rings. The first-order chi connectivity index (χ1) is 5.97. The highest BCUT2D eigenvalue weighted by molar-refractivity contribution is 5.07. The van der Waals surface area contributed by atoms with Crippen LogP contribution in [0.3, 0.4) is 0 Å². The van der Waals surface area contributed by atoms with Crippen molar-refractivity contribution >= 4 is 0 Å². The summed E-state index contributed by atoms with van der Waals surface area (Å²) in [5, 5.41) is 0. The second-order valence-electron chi connectivity index (χ2n) is 4.90. The standard InChI is InChI=1S/C12H21F/c1-9(2)12(4)8-7-10(3)5-6-11(12)13/h7-11H,5-6H2,1-4H3/t10?,11-,12?/m1/s1. The average Bonchev–Trinajstić information content (AvgIpc) is 2.19. The number of hydrogen-bond acceptors (Lipinski definition) is 0. The summed E-state index contributed by atoms with van der Waals surface area (Å²) in [5.41, 5.74) is -0.245. The van der Waals surface area contributed by atoms with Crippen molar-refractivity contribution in [1.82, 2.24) is 0 Å². The second-order valence-corrected chi connectivity index (χ2v) is 4.90. The normalized spacial score (nSPS) is 40.8. The lowest BCUT2D eigenvalue weighted by molar-refractivity contribution is 0.114. The van der Waals surface area contributed by atoms with Crippen molar-refractivity contribution < 1.29 is 4.39 Å². The first-order valence-corrected chi connectivity index (χ1v) is 5.30. The van der Waals surface area contributed by atoms with E-state index in [1.54, 1.807) is 0 Å². The second kappa shape index (κ2) is 3.81. The fourth-order valence-corrected chi connectivity index (χ4v) is 1.85. The Kier molecular flexibility index (Phi) is 3.15. The molecule has 1 rings (SSSR count). The molecule has 0 N–H and O–H groups in total. The van der Waals surface area contributed by atoms with E-state index in [9.17, 15) is 4.39 Å². The summed E-state index contributed by atoms with van der Waals surface area (Å²) in [4.78, 5) is 0. The van der Waals surface area contributed by atoms with Crippen LogP contribution in [0.4, 0.5) is 4.39 Å². The molecule has 0 saturated heterocycles. The molecule has 1 aliphatic rings. The number of alkyl halides is 1. The topological polar surface area (TPSA) is 0 Å². The van der Waals surface area contributed by atoms with E-state index in [4.69, 9.17) is 0 Å². The monoisotopic (exact) mass is 184 g/mol. The third-order valence-corrected chi connectivity index (χ3v) is 3.58. The molecule has 0 radical (unpaired) electrons. The van der Waals surface area contributed by atoms with Crippen LogP contribution in [0.25, 0.3) is 0 Å². The molecule has 0 fully saturated rings. The third-order valence-electron chi connectivity index (χ3n) is 3.58. The van der Waals surface area contributed by atoms with Crippen molar-refractivity contribution in [2.45, 2.75) is 46.7 Å². The van der Waals surface area contributed by atoms with E-state index in [2.05, 4.69) is 32.9 Å². The van der Waals surface area contributed by atoms with Gasteiger partial charge in [0.25, 0.3) is 0 Å². The Bertz CT molecular complexity index is 195. The summed E-state index contributed by atoms with van der Waals surface area (Å²) in [7, 11) is 0. The quantitative estimate of drug-likeness (QED) is 0.541. The van der Waals surface area contributed by atoms with Gasteiger partial charge in [0.05, 0.1) is 0 Å². The maximum absolute atomic E-state index is 13.9. The first kappa shape index (κ1) is 10.7. The van der Waals surface area contributed by atoms with Gasteiger partial charge in [-0.1, -0.05) is 39.8 Å². The smallest absolute Gasteiger partial charge is 0.109 e. The molecule has 0 bridgehead atoms. The van der Waals surface area contributed by atoms with Gasteiger partial charge in [-0.15, -0.1) is 0 Å². The Morgan fingerprint density at radius 1 is 1.38 bits per heavy atom. The molecule has 0 saturated carbocycles. The fraction of sp³-hybridized carbons (Fsp3) is 0.833. The molecular formula is C12H21F. The number of rotatable bonds is 1. The van der Waals surface area contributed by atoms with Gasteiger partial charge in [-0.25, -0.2) is 4.39 Å². The zero-order valence-electron chi connectivity index (χ0n) is 9.18. The lowest BCUT2D eigenvalue weighted by atomic mass is 9.74. The molecule has 76 valence electrons. The van der Waals surface area contributed by atoms with E-state index in [0.29, 0.717) is 18.3 Å². The molecule has 0 aromatic carbocycles. The van der Waals surface area contributed by atoms with Gasteiger partial charge in [-0.05, 0) is 24.7 Å². The van der Waals surface area contributed by atoms with Gasteiger partial charge in [-0.2, -0.15) is 0 Å². The Morgan fingerprint density at radius 3 is 2.54 bits per heavy atom. The number of allylic oxidation sites excluding steroid dienone is 2. The van der Waals surface area contributed by atoms with E-state index in [0.717, 1.165) is 6.42 Å². The molecule has 1 heteroatoms. The van der Waals surface area contributed by atoms with E-state index in [1.807, 2.05) is 6.92 Å². The van der Waals surface area contributed by atoms with Gasteiger partial charge in [0.15, 0.2) is 0 Å². The van der Waals surface area contributed by atoms with Gasteiger partial charge in [0.1, 0.15) is 6.17 Å². The molecular weight excluding hydrogens is 163 g/mol. The molecule has 2 unspecified atom stereocenters. The number of halogens is 1. The molecule has 3 atom stereocenters. The Labute approximate surface area is 81.2 Å². The van der Waals surface area contributed by atoms with E-state index in [-0.39, 0.29) is 5.41 Å². The average molecular weight is 184 g/mol. The zero-order chi connectivity index (χ0) is 10.1. The highest BCUT2D eigenvalue weighted by Crippen LogP contribution is 2.39. The maximum Gasteiger partial charge on any atom is 0.109 e. The van der Waals surface area contributed by atoms with Crippen LogP contribution >= 0.6 is 0 Å².